The summed E-state index contributed by atoms with van der Waals surface area (Å²) in [6.07, 6.45) is 11.4. The first-order chi connectivity index (χ1) is 11.0. The van der Waals surface area contributed by atoms with E-state index in [-0.39, 0.29) is 5.41 Å². The minimum absolute atomic E-state index is 0.0766. The Morgan fingerprint density at radius 3 is 2.48 bits per heavy atom. The molecule has 121 valence electrons. The number of unbranched alkanes of at least 4 members (excludes halogenated alkanes) is 2. The predicted molar refractivity (Wildman–Crippen MR) is 100 cm³/mol. The van der Waals surface area contributed by atoms with Gasteiger partial charge in [-0.2, -0.15) is 0 Å². The van der Waals surface area contributed by atoms with Crippen molar-refractivity contribution < 1.29 is 0 Å². The van der Waals surface area contributed by atoms with Crippen LogP contribution in [-0.2, 0) is 0 Å². The van der Waals surface area contributed by atoms with E-state index in [1.807, 2.05) is 0 Å². The molecule has 2 aliphatic carbocycles. The lowest BCUT2D eigenvalue weighted by molar-refractivity contribution is 0.567. The molecule has 0 heterocycles. The van der Waals surface area contributed by atoms with Crippen LogP contribution in [0.4, 0.5) is 0 Å². The van der Waals surface area contributed by atoms with Gasteiger partial charge in [0.2, 0.25) is 0 Å². The minimum atomic E-state index is 0.0766. The fraction of sp³-hybridized carbons (Fsp3) is 0.478. The number of allylic oxidation sites excluding steroid dienone is 6. The van der Waals surface area contributed by atoms with Gasteiger partial charge in [-0.3, -0.25) is 0 Å². The first-order valence-corrected chi connectivity index (χ1v) is 9.09. The third-order valence-electron chi connectivity index (χ3n) is 5.72. The minimum Gasteiger partial charge on any atom is -0.0688 e. The van der Waals surface area contributed by atoms with Gasteiger partial charge in [-0.15, -0.1) is 0 Å². The number of rotatable bonds is 5. The molecule has 23 heavy (non-hydrogen) atoms. The summed E-state index contributed by atoms with van der Waals surface area (Å²) in [5.74, 6) is 0.402. The smallest absolute Gasteiger partial charge is 0.0287 e. The highest BCUT2D eigenvalue weighted by Gasteiger charge is 2.34. The zero-order valence-electron chi connectivity index (χ0n) is 15.3. The second-order valence-corrected chi connectivity index (χ2v) is 7.63. The highest BCUT2D eigenvalue weighted by Crippen LogP contribution is 2.49. The van der Waals surface area contributed by atoms with Gasteiger partial charge in [-0.1, -0.05) is 69.5 Å². The zero-order valence-corrected chi connectivity index (χ0v) is 15.3. The molecule has 0 bridgehead atoms. The monoisotopic (exact) mass is 305 g/mol. The first-order valence-electron chi connectivity index (χ1n) is 9.09. The highest BCUT2D eigenvalue weighted by molar-refractivity contribution is 5.77. The van der Waals surface area contributed by atoms with E-state index in [0.29, 0.717) is 5.92 Å². The van der Waals surface area contributed by atoms with Crippen LogP contribution < -0.4 is 0 Å². The zero-order chi connectivity index (χ0) is 16.6. The molecule has 0 aliphatic heterocycles. The summed E-state index contributed by atoms with van der Waals surface area (Å²) in [5, 5.41) is 0. The summed E-state index contributed by atoms with van der Waals surface area (Å²) < 4.78 is 0. The number of hydrogen-bond donors (Lipinski definition) is 0. The molecular formula is C23H29. The largest absolute Gasteiger partial charge is 0.0688 e. The quantitative estimate of drug-likeness (QED) is 0.522. The molecule has 2 aliphatic rings. The van der Waals surface area contributed by atoms with Crippen molar-refractivity contribution in [2.24, 2.45) is 5.41 Å². The second-order valence-electron chi connectivity index (χ2n) is 7.63. The molecule has 1 radical (unpaired) electrons. The number of hydrogen-bond acceptors (Lipinski definition) is 0. The van der Waals surface area contributed by atoms with Crippen molar-refractivity contribution in [1.29, 1.82) is 0 Å². The van der Waals surface area contributed by atoms with E-state index in [0.717, 1.165) is 0 Å². The molecule has 1 aromatic carbocycles. The maximum Gasteiger partial charge on any atom is 0.0287 e. The van der Waals surface area contributed by atoms with Gasteiger partial charge in [0.15, 0.2) is 0 Å². The Kier molecular flexibility index (Phi) is 4.36. The fourth-order valence-electron chi connectivity index (χ4n) is 3.97. The molecule has 0 N–H and O–H groups in total. The average Bonchev–Trinajstić information content (AvgIpc) is 2.99. The van der Waals surface area contributed by atoms with Crippen LogP contribution in [0.3, 0.4) is 0 Å². The van der Waals surface area contributed by atoms with Gasteiger partial charge in [0, 0.05) is 11.3 Å². The molecular weight excluding hydrogens is 276 g/mol. The van der Waals surface area contributed by atoms with E-state index in [2.05, 4.69) is 71.0 Å². The van der Waals surface area contributed by atoms with Gasteiger partial charge in [0.25, 0.3) is 0 Å². The van der Waals surface area contributed by atoms with Gasteiger partial charge in [0.05, 0.1) is 0 Å². The highest BCUT2D eigenvalue weighted by atomic mass is 14.4. The van der Waals surface area contributed by atoms with Crippen molar-refractivity contribution in [3.63, 3.8) is 0 Å². The van der Waals surface area contributed by atoms with Gasteiger partial charge >= 0.3 is 0 Å². The molecule has 0 fully saturated rings. The van der Waals surface area contributed by atoms with Crippen molar-refractivity contribution >= 4 is 5.57 Å². The van der Waals surface area contributed by atoms with E-state index in [1.54, 1.807) is 5.57 Å². The lowest BCUT2D eigenvalue weighted by Crippen LogP contribution is -2.06. The summed E-state index contributed by atoms with van der Waals surface area (Å²) in [5.41, 5.74) is 8.89. The van der Waals surface area contributed by atoms with Crippen LogP contribution in [0.5, 0.6) is 0 Å². The lowest BCUT2D eigenvalue weighted by Gasteiger charge is -2.16. The summed E-state index contributed by atoms with van der Waals surface area (Å²) in [6, 6.07) is 8.98. The van der Waals surface area contributed by atoms with E-state index < -0.39 is 0 Å². The van der Waals surface area contributed by atoms with Crippen molar-refractivity contribution in [3.8, 4) is 0 Å². The Morgan fingerprint density at radius 1 is 1.09 bits per heavy atom. The summed E-state index contributed by atoms with van der Waals surface area (Å²) in [4.78, 5) is 0. The Bertz CT molecular complexity index is 695. The van der Waals surface area contributed by atoms with E-state index in [4.69, 9.17) is 0 Å². The third-order valence-corrected chi connectivity index (χ3v) is 5.72. The molecule has 0 saturated carbocycles. The van der Waals surface area contributed by atoms with Crippen LogP contribution in [-0.4, -0.2) is 0 Å². The van der Waals surface area contributed by atoms with E-state index in [1.165, 1.54) is 53.5 Å². The number of benzene rings is 1. The summed E-state index contributed by atoms with van der Waals surface area (Å²) >= 11 is 0. The molecule has 0 nitrogen and oxygen atoms in total. The molecule has 1 atom stereocenters. The molecule has 0 aromatic heterocycles. The Morgan fingerprint density at radius 2 is 1.83 bits per heavy atom. The topological polar surface area (TPSA) is 0 Å². The van der Waals surface area contributed by atoms with Gasteiger partial charge in [-0.25, -0.2) is 0 Å². The molecule has 1 unspecified atom stereocenters. The van der Waals surface area contributed by atoms with Gasteiger partial charge in [-0.05, 0) is 60.6 Å². The molecule has 0 saturated heterocycles. The van der Waals surface area contributed by atoms with Crippen LogP contribution in [0.15, 0.2) is 47.1 Å². The molecule has 0 heteroatoms. The van der Waals surface area contributed by atoms with Crippen LogP contribution in [0.1, 0.15) is 77.3 Å². The van der Waals surface area contributed by atoms with Gasteiger partial charge < -0.3 is 0 Å². The van der Waals surface area contributed by atoms with Crippen molar-refractivity contribution in [3.05, 3.63) is 64.3 Å². The SMILES string of the molecule is CCCCCC1=CC(C2=[C]C(C)(C)C(C)=C2C)c2ccccc21. The maximum atomic E-state index is 3.80. The molecule has 0 amide bonds. The van der Waals surface area contributed by atoms with Crippen LogP contribution >= 0.6 is 0 Å². The predicted octanol–water partition coefficient (Wildman–Crippen LogP) is 6.85. The maximum absolute atomic E-state index is 3.80. The van der Waals surface area contributed by atoms with Crippen molar-refractivity contribution in [2.75, 3.05) is 0 Å². The summed E-state index contributed by atoms with van der Waals surface area (Å²) in [6.45, 7) is 11.4. The van der Waals surface area contributed by atoms with E-state index in [9.17, 15) is 0 Å². The van der Waals surface area contributed by atoms with Gasteiger partial charge in [0.1, 0.15) is 0 Å². The summed E-state index contributed by atoms with van der Waals surface area (Å²) in [7, 11) is 0. The fourth-order valence-corrected chi connectivity index (χ4v) is 3.97. The normalized spacial score (nSPS) is 22.2. The average molecular weight is 305 g/mol. The van der Waals surface area contributed by atoms with Crippen LogP contribution in [0.2, 0.25) is 0 Å². The van der Waals surface area contributed by atoms with E-state index >= 15 is 0 Å². The third kappa shape index (κ3) is 2.84. The Labute approximate surface area is 142 Å². The Hall–Kier alpha value is -1.56. The standard InChI is InChI=1S/C23H29/c1-6-7-8-11-18-14-21(20-13-10-9-12-19(18)20)22-15-23(4,5)17(3)16(22)2/h9-10,12-14,21H,6-8,11H2,1-5H3. The number of fused-ring (bicyclic) bond motifs is 1. The Balaban J connectivity index is 1.98. The molecule has 1 aromatic rings. The van der Waals surface area contributed by atoms with Crippen LogP contribution in [0, 0.1) is 11.5 Å². The molecule has 3 rings (SSSR count). The van der Waals surface area contributed by atoms with Crippen LogP contribution in [0.25, 0.3) is 5.57 Å². The first kappa shape index (κ1) is 16.3. The lowest BCUT2D eigenvalue weighted by atomic mass is 9.87. The second kappa shape index (κ2) is 6.15. The molecule has 0 spiro atoms. The van der Waals surface area contributed by atoms with Crippen molar-refractivity contribution in [1.82, 2.24) is 0 Å². The van der Waals surface area contributed by atoms with Crippen molar-refractivity contribution in [2.45, 2.75) is 66.2 Å².